The molecule has 3 nitrogen and oxygen atoms in total. The topological polar surface area (TPSA) is 38.3 Å². The number of carbonyl (C=O) groups excluding carboxylic acids is 1. The van der Waals surface area contributed by atoms with Gasteiger partial charge in [-0.1, -0.05) is 0 Å². The first-order chi connectivity index (χ1) is 7.28. The van der Waals surface area contributed by atoms with Gasteiger partial charge in [0.2, 0.25) is 0 Å². The Morgan fingerprint density at radius 2 is 1.69 bits per heavy atom. The number of hydrogen-bond donors (Lipinski definition) is 1. The molecule has 0 aliphatic carbocycles. The Morgan fingerprint density at radius 1 is 1.19 bits per heavy atom. The highest BCUT2D eigenvalue weighted by molar-refractivity contribution is 5.93. The number of carbonyl (C=O) groups is 1. The fraction of sp³-hybridized carbons (Fsp3) is 0.364. The lowest BCUT2D eigenvalue weighted by atomic mass is 10.2. The van der Waals surface area contributed by atoms with Gasteiger partial charge in [-0.15, -0.1) is 0 Å². The Kier molecular flexibility index (Phi) is 3.59. The summed E-state index contributed by atoms with van der Waals surface area (Å²) in [5.74, 6) is -2.30. The zero-order chi connectivity index (χ0) is 12.3. The molecule has 1 rings (SSSR count). The largest absolute Gasteiger partial charge is 0.275 e. The highest BCUT2D eigenvalue weighted by Crippen LogP contribution is 2.09. The van der Waals surface area contributed by atoms with Gasteiger partial charge in [0.15, 0.2) is 0 Å². The number of nitrogens with one attached hydrogen (secondary N) is 1. The molecule has 1 N–H and O–H groups in total. The maximum atomic E-state index is 12.8. The summed E-state index contributed by atoms with van der Waals surface area (Å²) >= 11 is 0. The first-order valence-corrected chi connectivity index (χ1v) is 4.72. The van der Waals surface area contributed by atoms with E-state index >= 15 is 0 Å². The van der Waals surface area contributed by atoms with Crippen LogP contribution in [-0.2, 0) is 4.84 Å². The number of hydrogen-bond acceptors (Lipinski definition) is 2. The van der Waals surface area contributed by atoms with Crippen LogP contribution in [0.3, 0.4) is 0 Å². The van der Waals surface area contributed by atoms with Gasteiger partial charge in [0.25, 0.3) is 5.91 Å². The minimum atomic E-state index is -0.805. The summed E-state index contributed by atoms with van der Waals surface area (Å²) in [6.07, 6.45) is 0. The number of rotatable bonds is 2. The second-order valence-electron chi connectivity index (χ2n) is 4.30. The van der Waals surface area contributed by atoms with E-state index in [0.29, 0.717) is 6.07 Å². The third-order valence-corrected chi connectivity index (χ3v) is 1.57. The molecule has 5 heteroatoms. The summed E-state index contributed by atoms with van der Waals surface area (Å²) in [6.45, 7) is 5.21. The Balaban J connectivity index is 2.73. The molecule has 88 valence electrons. The lowest BCUT2D eigenvalue weighted by Gasteiger charge is -2.18. The van der Waals surface area contributed by atoms with Gasteiger partial charge in [0.1, 0.15) is 11.6 Å². The van der Waals surface area contributed by atoms with Crippen molar-refractivity contribution in [2.24, 2.45) is 0 Å². The molecule has 0 saturated carbocycles. The van der Waals surface area contributed by atoms with Gasteiger partial charge >= 0.3 is 0 Å². The van der Waals surface area contributed by atoms with E-state index in [2.05, 4.69) is 5.48 Å². The molecule has 16 heavy (non-hydrogen) atoms. The van der Waals surface area contributed by atoms with Gasteiger partial charge in [-0.2, -0.15) is 0 Å². The Labute approximate surface area is 92.4 Å². The molecule has 0 radical (unpaired) electrons. The highest BCUT2D eigenvalue weighted by Gasteiger charge is 2.15. The maximum absolute atomic E-state index is 12.8. The van der Waals surface area contributed by atoms with Crippen LogP contribution in [0.1, 0.15) is 31.1 Å². The van der Waals surface area contributed by atoms with Crippen molar-refractivity contribution in [1.82, 2.24) is 5.48 Å². The predicted molar refractivity (Wildman–Crippen MR) is 54.7 cm³/mol. The van der Waals surface area contributed by atoms with Crippen LogP contribution in [0.5, 0.6) is 0 Å². The molecule has 0 aliphatic rings. The molecular formula is C11H13F2NO2. The SMILES string of the molecule is CC(C)(C)ONC(=O)c1cc(F)cc(F)c1. The molecule has 0 fully saturated rings. The summed E-state index contributed by atoms with van der Waals surface area (Å²) in [7, 11) is 0. The minimum Gasteiger partial charge on any atom is -0.268 e. The fourth-order valence-corrected chi connectivity index (χ4v) is 0.943. The Hall–Kier alpha value is -1.49. The molecule has 0 atom stereocenters. The third kappa shape index (κ3) is 3.94. The van der Waals surface area contributed by atoms with Crippen molar-refractivity contribution in [3.05, 3.63) is 35.4 Å². The van der Waals surface area contributed by atoms with E-state index < -0.39 is 23.1 Å². The molecule has 0 heterocycles. The summed E-state index contributed by atoms with van der Waals surface area (Å²) < 4.78 is 25.6. The summed E-state index contributed by atoms with van der Waals surface area (Å²) in [6, 6.07) is 2.57. The monoisotopic (exact) mass is 229 g/mol. The normalized spacial score (nSPS) is 11.3. The predicted octanol–water partition coefficient (Wildman–Crippen LogP) is 2.42. The number of hydroxylamine groups is 1. The van der Waals surface area contributed by atoms with E-state index in [1.54, 1.807) is 20.8 Å². The second-order valence-corrected chi connectivity index (χ2v) is 4.30. The Morgan fingerprint density at radius 3 is 2.12 bits per heavy atom. The highest BCUT2D eigenvalue weighted by atomic mass is 19.1. The molecule has 0 spiro atoms. The van der Waals surface area contributed by atoms with Crippen molar-refractivity contribution in [3.8, 4) is 0 Å². The maximum Gasteiger partial charge on any atom is 0.275 e. The van der Waals surface area contributed by atoms with Crippen LogP contribution in [0.2, 0.25) is 0 Å². The van der Waals surface area contributed by atoms with Crippen molar-refractivity contribution in [3.63, 3.8) is 0 Å². The molecule has 1 amide bonds. The van der Waals surface area contributed by atoms with Crippen molar-refractivity contribution >= 4 is 5.91 Å². The van der Waals surface area contributed by atoms with Crippen molar-refractivity contribution in [2.75, 3.05) is 0 Å². The van der Waals surface area contributed by atoms with Gasteiger partial charge < -0.3 is 0 Å². The molecule has 0 aliphatic heterocycles. The lowest BCUT2D eigenvalue weighted by Crippen LogP contribution is -2.33. The average molecular weight is 229 g/mol. The number of halogens is 2. The molecular weight excluding hydrogens is 216 g/mol. The average Bonchev–Trinajstić information content (AvgIpc) is 2.11. The van der Waals surface area contributed by atoms with Crippen LogP contribution >= 0.6 is 0 Å². The zero-order valence-electron chi connectivity index (χ0n) is 9.30. The van der Waals surface area contributed by atoms with Crippen LogP contribution in [0.15, 0.2) is 18.2 Å². The van der Waals surface area contributed by atoms with Gasteiger partial charge in [0.05, 0.1) is 5.60 Å². The molecule has 1 aromatic rings. The molecule has 1 aromatic carbocycles. The molecule has 0 unspecified atom stereocenters. The van der Waals surface area contributed by atoms with Gasteiger partial charge in [-0.25, -0.2) is 14.3 Å². The molecule has 0 saturated heterocycles. The van der Waals surface area contributed by atoms with Crippen LogP contribution in [0.25, 0.3) is 0 Å². The molecule has 0 aromatic heterocycles. The first-order valence-electron chi connectivity index (χ1n) is 4.72. The number of benzene rings is 1. The van der Waals surface area contributed by atoms with Crippen molar-refractivity contribution < 1.29 is 18.4 Å². The zero-order valence-corrected chi connectivity index (χ0v) is 9.30. The van der Waals surface area contributed by atoms with Gasteiger partial charge in [-0.05, 0) is 32.9 Å². The Bertz CT molecular complexity index is 379. The summed E-state index contributed by atoms with van der Waals surface area (Å²) in [5, 5.41) is 0. The van der Waals surface area contributed by atoms with E-state index in [0.717, 1.165) is 12.1 Å². The van der Waals surface area contributed by atoms with Crippen LogP contribution in [-0.4, -0.2) is 11.5 Å². The second kappa shape index (κ2) is 4.57. The van der Waals surface area contributed by atoms with E-state index in [1.165, 1.54) is 0 Å². The van der Waals surface area contributed by atoms with E-state index in [9.17, 15) is 13.6 Å². The summed E-state index contributed by atoms with van der Waals surface area (Å²) in [4.78, 5) is 16.4. The number of amides is 1. The van der Waals surface area contributed by atoms with E-state index in [1.807, 2.05) is 0 Å². The van der Waals surface area contributed by atoms with Crippen LogP contribution in [0.4, 0.5) is 8.78 Å². The van der Waals surface area contributed by atoms with Crippen LogP contribution in [0, 0.1) is 11.6 Å². The van der Waals surface area contributed by atoms with Crippen molar-refractivity contribution in [2.45, 2.75) is 26.4 Å². The lowest BCUT2D eigenvalue weighted by molar-refractivity contribution is -0.0589. The van der Waals surface area contributed by atoms with E-state index in [-0.39, 0.29) is 5.56 Å². The first kappa shape index (κ1) is 12.6. The van der Waals surface area contributed by atoms with Crippen LogP contribution < -0.4 is 5.48 Å². The smallest absolute Gasteiger partial charge is 0.268 e. The standard InChI is InChI=1S/C11H13F2NO2/c1-11(2,3)16-14-10(15)7-4-8(12)6-9(13)5-7/h4-6H,1-3H3,(H,14,15). The van der Waals surface area contributed by atoms with E-state index in [4.69, 9.17) is 4.84 Å². The molecule has 0 bridgehead atoms. The third-order valence-electron chi connectivity index (χ3n) is 1.57. The minimum absolute atomic E-state index is 0.123. The van der Waals surface area contributed by atoms with Crippen molar-refractivity contribution in [1.29, 1.82) is 0 Å². The quantitative estimate of drug-likeness (QED) is 0.791. The summed E-state index contributed by atoms with van der Waals surface area (Å²) in [5.41, 5.74) is 1.43. The van der Waals surface area contributed by atoms with Gasteiger partial charge in [-0.3, -0.25) is 9.63 Å². The van der Waals surface area contributed by atoms with Gasteiger partial charge in [0, 0.05) is 11.6 Å². The fourth-order valence-electron chi connectivity index (χ4n) is 0.943.